The summed E-state index contributed by atoms with van der Waals surface area (Å²) in [5, 5.41) is 21.6. The number of hydrogen-bond donors (Lipinski definition) is 2. The molecule has 32 heavy (non-hydrogen) atoms. The van der Waals surface area contributed by atoms with E-state index in [1.807, 2.05) is 6.07 Å². The van der Waals surface area contributed by atoms with E-state index in [2.05, 4.69) is 25.4 Å². The number of halogens is 3. The molecule has 2 aromatic heterocycles. The van der Waals surface area contributed by atoms with Crippen LogP contribution in [0.3, 0.4) is 0 Å². The van der Waals surface area contributed by atoms with E-state index in [0.717, 1.165) is 43.1 Å². The standard InChI is InChI=1S/C23H26F3N5O/c1-14-18(4-3-5-20(14)23(24,25)26)15(2)29-22-19-10-17(11-27-21(19)12-28-30-22)31-8-6-16(13-32)7-9-31/h3-5,10-12,15-16,32H,6-9,13H2,1-2H3,(H,29,30)/t15-/m1/s1. The minimum atomic E-state index is -4.40. The first-order valence-electron chi connectivity index (χ1n) is 10.7. The Morgan fingerprint density at radius 3 is 2.66 bits per heavy atom. The summed E-state index contributed by atoms with van der Waals surface area (Å²) < 4.78 is 40.0. The molecule has 170 valence electrons. The van der Waals surface area contributed by atoms with Crippen LogP contribution in [0.25, 0.3) is 10.9 Å². The van der Waals surface area contributed by atoms with Crippen LogP contribution in [0.5, 0.6) is 0 Å². The summed E-state index contributed by atoms with van der Waals surface area (Å²) in [6.07, 6.45) is 0.803. The summed E-state index contributed by atoms with van der Waals surface area (Å²) >= 11 is 0. The molecule has 0 bridgehead atoms. The molecule has 6 nitrogen and oxygen atoms in total. The predicted molar refractivity (Wildman–Crippen MR) is 118 cm³/mol. The molecule has 0 saturated carbocycles. The van der Waals surface area contributed by atoms with E-state index in [0.29, 0.717) is 22.8 Å². The van der Waals surface area contributed by atoms with Gasteiger partial charge in [-0.1, -0.05) is 12.1 Å². The molecule has 0 amide bonds. The molecule has 0 radical (unpaired) electrons. The third-order valence-electron chi connectivity index (χ3n) is 6.24. The minimum absolute atomic E-state index is 0.193. The van der Waals surface area contributed by atoms with Crippen molar-refractivity contribution in [1.29, 1.82) is 0 Å². The van der Waals surface area contributed by atoms with Crippen LogP contribution in [-0.2, 0) is 6.18 Å². The fourth-order valence-electron chi connectivity index (χ4n) is 4.32. The van der Waals surface area contributed by atoms with Crippen LogP contribution < -0.4 is 10.2 Å². The minimum Gasteiger partial charge on any atom is -0.396 e. The Labute approximate surface area is 184 Å². The van der Waals surface area contributed by atoms with E-state index in [9.17, 15) is 18.3 Å². The van der Waals surface area contributed by atoms with Gasteiger partial charge in [-0.15, -0.1) is 5.10 Å². The second-order valence-corrected chi connectivity index (χ2v) is 8.32. The SMILES string of the molecule is Cc1c([C@@H](C)Nc2nncc3ncc(N4CCC(CO)CC4)cc23)cccc1C(F)(F)F. The van der Waals surface area contributed by atoms with Crippen LogP contribution in [0.1, 0.15) is 42.5 Å². The highest BCUT2D eigenvalue weighted by Gasteiger charge is 2.33. The van der Waals surface area contributed by atoms with Gasteiger partial charge in [0.1, 0.15) is 0 Å². The van der Waals surface area contributed by atoms with E-state index in [4.69, 9.17) is 0 Å². The van der Waals surface area contributed by atoms with Gasteiger partial charge in [-0.3, -0.25) is 4.98 Å². The first-order valence-corrected chi connectivity index (χ1v) is 10.7. The number of anilines is 2. The quantitative estimate of drug-likeness (QED) is 0.591. The molecule has 1 atom stereocenters. The number of nitrogens with zero attached hydrogens (tertiary/aromatic N) is 4. The third kappa shape index (κ3) is 4.48. The molecule has 3 heterocycles. The zero-order chi connectivity index (χ0) is 22.9. The molecule has 4 rings (SSSR count). The lowest BCUT2D eigenvalue weighted by Gasteiger charge is -2.32. The highest BCUT2D eigenvalue weighted by atomic mass is 19.4. The van der Waals surface area contributed by atoms with Crippen molar-refractivity contribution in [2.45, 2.75) is 38.9 Å². The van der Waals surface area contributed by atoms with Gasteiger partial charge in [0.15, 0.2) is 5.82 Å². The highest BCUT2D eigenvalue weighted by molar-refractivity contribution is 5.90. The first kappa shape index (κ1) is 22.3. The molecule has 1 saturated heterocycles. The second kappa shape index (κ2) is 8.90. The maximum atomic E-state index is 13.3. The van der Waals surface area contributed by atoms with Crippen molar-refractivity contribution in [2.24, 2.45) is 5.92 Å². The summed E-state index contributed by atoms with van der Waals surface area (Å²) in [5.41, 5.74) is 1.72. The van der Waals surface area contributed by atoms with Crippen molar-refractivity contribution in [3.63, 3.8) is 0 Å². The third-order valence-corrected chi connectivity index (χ3v) is 6.24. The van der Waals surface area contributed by atoms with Crippen LogP contribution >= 0.6 is 0 Å². The Hall–Kier alpha value is -2.94. The van der Waals surface area contributed by atoms with Crippen LogP contribution in [0.2, 0.25) is 0 Å². The molecule has 2 N–H and O–H groups in total. The maximum absolute atomic E-state index is 13.3. The number of rotatable bonds is 5. The molecular formula is C23H26F3N5O. The fourth-order valence-corrected chi connectivity index (χ4v) is 4.32. The number of hydrogen-bond acceptors (Lipinski definition) is 6. The molecule has 0 spiro atoms. The zero-order valence-electron chi connectivity index (χ0n) is 18.0. The van der Waals surface area contributed by atoms with Crippen LogP contribution in [0.15, 0.2) is 36.7 Å². The van der Waals surface area contributed by atoms with Gasteiger partial charge in [0, 0.05) is 25.1 Å². The van der Waals surface area contributed by atoms with Crippen LogP contribution in [-0.4, -0.2) is 40.0 Å². The number of benzene rings is 1. The Kier molecular flexibility index (Phi) is 6.19. The Balaban J connectivity index is 1.62. The molecule has 1 aromatic carbocycles. The molecule has 9 heteroatoms. The first-order chi connectivity index (χ1) is 15.3. The van der Waals surface area contributed by atoms with Crippen LogP contribution in [0.4, 0.5) is 24.7 Å². The van der Waals surface area contributed by atoms with Gasteiger partial charge in [-0.2, -0.15) is 18.3 Å². The molecule has 0 unspecified atom stereocenters. The monoisotopic (exact) mass is 445 g/mol. The van der Waals surface area contributed by atoms with Crippen molar-refractivity contribution in [1.82, 2.24) is 15.2 Å². The smallest absolute Gasteiger partial charge is 0.396 e. The molecule has 1 fully saturated rings. The van der Waals surface area contributed by atoms with Gasteiger partial charge in [-0.25, -0.2) is 0 Å². The lowest BCUT2D eigenvalue weighted by atomic mass is 9.97. The topological polar surface area (TPSA) is 74.2 Å². The van der Waals surface area contributed by atoms with Gasteiger partial charge in [-0.05, 0) is 55.9 Å². The van der Waals surface area contributed by atoms with Crippen molar-refractivity contribution >= 4 is 22.4 Å². The molecule has 3 aromatic rings. The summed E-state index contributed by atoms with van der Waals surface area (Å²) in [6, 6.07) is 5.79. The van der Waals surface area contributed by atoms with Crippen LogP contribution in [0, 0.1) is 12.8 Å². The molecule has 1 aliphatic rings. The summed E-state index contributed by atoms with van der Waals surface area (Å²) in [5.74, 6) is 0.811. The Morgan fingerprint density at radius 2 is 1.97 bits per heavy atom. The largest absolute Gasteiger partial charge is 0.416 e. The maximum Gasteiger partial charge on any atom is 0.416 e. The normalized spacial score (nSPS) is 16.4. The fraction of sp³-hybridized carbons (Fsp3) is 0.435. The van der Waals surface area contributed by atoms with Gasteiger partial charge < -0.3 is 15.3 Å². The second-order valence-electron chi connectivity index (χ2n) is 8.32. The van der Waals surface area contributed by atoms with Gasteiger partial charge in [0.2, 0.25) is 0 Å². The highest BCUT2D eigenvalue weighted by Crippen LogP contribution is 2.35. The number of aliphatic hydroxyl groups excluding tert-OH is 1. The average Bonchev–Trinajstić information content (AvgIpc) is 2.78. The van der Waals surface area contributed by atoms with Crippen molar-refractivity contribution in [3.05, 3.63) is 53.3 Å². The van der Waals surface area contributed by atoms with Gasteiger partial charge in [0.05, 0.1) is 35.2 Å². The Morgan fingerprint density at radius 1 is 1.22 bits per heavy atom. The van der Waals surface area contributed by atoms with E-state index in [-0.39, 0.29) is 12.2 Å². The zero-order valence-corrected chi connectivity index (χ0v) is 18.0. The lowest BCUT2D eigenvalue weighted by molar-refractivity contribution is -0.138. The predicted octanol–water partition coefficient (Wildman–Crippen LogP) is 4.73. The Bertz CT molecular complexity index is 1100. The van der Waals surface area contributed by atoms with E-state index < -0.39 is 17.8 Å². The number of aliphatic hydroxyl groups is 1. The van der Waals surface area contributed by atoms with Gasteiger partial charge in [0.25, 0.3) is 0 Å². The van der Waals surface area contributed by atoms with Crippen molar-refractivity contribution in [2.75, 3.05) is 29.9 Å². The number of piperidine rings is 1. The number of alkyl halides is 3. The molecule has 1 aliphatic heterocycles. The van der Waals surface area contributed by atoms with E-state index >= 15 is 0 Å². The number of pyridine rings is 1. The number of nitrogens with one attached hydrogen (secondary N) is 1. The van der Waals surface area contributed by atoms with E-state index in [1.54, 1.807) is 25.4 Å². The molecule has 0 aliphatic carbocycles. The lowest BCUT2D eigenvalue weighted by Crippen LogP contribution is -2.34. The summed E-state index contributed by atoms with van der Waals surface area (Å²) in [6.45, 7) is 5.17. The van der Waals surface area contributed by atoms with E-state index in [1.165, 1.54) is 13.0 Å². The summed E-state index contributed by atoms with van der Waals surface area (Å²) in [7, 11) is 0. The molecular weight excluding hydrogens is 419 g/mol. The van der Waals surface area contributed by atoms with Crippen molar-refractivity contribution in [3.8, 4) is 0 Å². The van der Waals surface area contributed by atoms with Gasteiger partial charge >= 0.3 is 6.18 Å². The number of aromatic nitrogens is 3. The summed E-state index contributed by atoms with van der Waals surface area (Å²) in [4.78, 5) is 6.74. The average molecular weight is 445 g/mol. The van der Waals surface area contributed by atoms with Crippen molar-refractivity contribution < 1.29 is 18.3 Å². The number of fused-ring (bicyclic) bond motifs is 1.